The van der Waals surface area contributed by atoms with Crippen molar-refractivity contribution in [1.29, 1.82) is 5.26 Å². The maximum absolute atomic E-state index is 12.8. The molecule has 9 nitrogen and oxygen atoms in total. The molecule has 4 rings (SSSR count). The van der Waals surface area contributed by atoms with Crippen molar-refractivity contribution in [3.63, 3.8) is 0 Å². The van der Waals surface area contributed by atoms with Crippen molar-refractivity contribution in [2.24, 2.45) is 0 Å². The molecular weight excluding hydrogens is 372 g/mol. The van der Waals surface area contributed by atoms with Crippen LogP contribution in [-0.2, 0) is 11.3 Å². The molecule has 0 saturated carbocycles. The zero-order valence-electron chi connectivity index (χ0n) is 15.6. The van der Waals surface area contributed by atoms with E-state index in [4.69, 9.17) is 10.00 Å². The monoisotopic (exact) mass is 390 g/mol. The highest BCUT2D eigenvalue weighted by Gasteiger charge is 2.26. The number of nitriles is 1. The van der Waals surface area contributed by atoms with Crippen LogP contribution in [0.15, 0.2) is 47.8 Å². The van der Waals surface area contributed by atoms with Crippen LogP contribution in [0.5, 0.6) is 5.88 Å². The van der Waals surface area contributed by atoms with Gasteiger partial charge in [-0.25, -0.2) is 15.0 Å². The van der Waals surface area contributed by atoms with E-state index >= 15 is 0 Å². The quantitative estimate of drug-likeness (QED) is 0.656. The zero-order valence-corrected chi connectivity index (χ0v) is 15.6. The van der Waals surface area contributed by atoms with Gasteiger partial charge in [-0.15, -0.1) is 0 Å². The molecule has 1 amide bonds. The number of benzene rings is 1. The van der Waals surface area contributed by atoms with Gasteiger partial charge in [-0.05, 0) is 25.0 Å². The second-order valence-electron chi connectivity index (χ2n) is 6.74. The molecule has 9 heteroatoms. The first-order chi connectivity index (χ1) is 14.2. The number of likely N-dealkylation sites (tertiary alicyclic amines) is 1. The zero-order chi connectivity index (χ0) is 20.2. The third kappa shape index (κ3) is 3.91. The van der Waals surface area contributed by atoms with Crippen molar-refractivity contribution in [2.45, 2.75) is 25.5 Å². The highest BCUT2D eigenvalue weighted by atomic mass is 16.5. The van der Waals surface area contributed by atoms with Gasteiger partial charge in [0.1, 0.15) is 18.7 Å². The Morgan fingerprint density at radius 2 is 2.07 bits per heavy atom. The number of aromatic nitrogens is 4. The van der Waals surface area contributed by atoms with Crippen LogP contribution in [0.2, 0.25) is 0 Å². The summed E-state index contributed by atoms with van der Waals surface area (Å²) in [5.74, 6) is -0.0126. The standard InChI is InChI=1S/C20H18N6O3/c21-10-17-19(23-8-7-22-17)29-14-4-3-9-25(11-14)18(27)12-26-13-24-16-6-2-1-5-15(16)20(26)28/h1-2,5-8,13-14H,3-4,9,11-12H2. The molecule has 1 atom stereocenters. The number of nitrogens with zero attached hydrogens (tertiary/aromatic N) is 6. The van der Waals surface area contributed by atoms with Gasteiger partial charge in [0.15, 0.2) is 0 Å². The molecule has 0 bridgehead atoms. The van der Waals surface area contributed by atoms with E-state index in [2.05, 4.69) is 15.0 Å². The smallest absolute Gasteiger partial charge is 0.261 e. The Labute approximate surface area is 166 Å². The summed E-state index contributed by atoms with van der Waals surface area (Å²) < 4.78 is 7.14. The van der Waals surface area contributed by atoms with Crippen LogP contribution < -0.4 is 10.3 Å². The minimum Gasteiger partial charge on any atom is -0.470 e. The summed E-state index contributed by atoms with van der Waals surface area (Å²) in [5, 5.41) is 9.60. The fourth-order valence-corrected chi connectivity index (χ4v) is 3.37. The largest absolute Gasteiger partial charge is 0.470 e. The number of fused-ring (bicyclic) bond motifs is 1. The van der Waals surface area contributed by atoms with Gasteiger partial charge in [-0.2, -0.15) is 5.26 Å². The van der Waals surface area contributed by atoms with Gasteiger partial charge in [0.05, 0.1) is 23.8 Å². The maximum Gasteiger partial charge on any atom is 0.261 e. The summed E-state index contributed by atoms with van der Waals surface area (Å²) in [5.41, 5.74) is 0.474. The molecule has 3 heterocycles. The molecule has 29 heavy (non-hydrogen) atoms. The fourth-order valence-electron chi connectivity index (χ4n) is 3.37. The summed E-state index contributed by atoms with van der Waals surface area (Å²) in [7, 11) is 0. The van der Waals surface area contributed by atoms with Crippen LogP contribution >= 0.6 is 0 Å². The van der Waals surface area contributed by atoms with Crippen molar-refractivity contribution in [3.8, 4) is 11.9 Å². The number of rotatable bonds is 4. The summed E-state index contributed by atoms with van der Waals surface area (Å²) in [4.78, 5) is 39.3. The molecule has 2 aromatic heterocycles. The van der Waals surface area contributed by atoms with Gasteiger partial charge in [0.25, 0.3) is 11.4 Å². The number of carbonyl (C=O) groups excluding carboxylic acids is 1. The average Bonchev–Trinajstić information content (AvgIpc) is 2.76. The van der Waals surface area contributed by atoms with Crippen molar-refractivity contribution in [2.75, 3.05) is 13.1 Å². The highest BCUT2D eigenvalue weighted by Crippen LogP contribution is 2.19. The lowest BCUT2D eigenvalue weighted by Crippen LogP contribution is -2.46. The number of piperidine rings is 1. The van der Waals surface area contributed by atoms with Crippen LogP contribution in [0.3, 0.4) is 0 Å². The summed E-state index contributed by atoms with van der Waals surface area (Å²) in [6.07, 6.45) is 5.49. The first-order valence-corrected chi connectivity index (χ1v) is 9.25. The van der Waals surface area contributed by atoms with E-state index in [0.29, 0.717) is 24.0 Å². The van der Waals surface area contributed by atoms with E-state index in [-0.39, 0.29) is 35.7 Å². The van der Waals surface area contributed by atoms with Gasteiger partial charge >= 0.3 is 0 Å². The molecule has 146 valence electrons. The molecule has 0 spiro atoms. The second-order valence-corrected chi connectivity index (χ2v) is 6.74. The molecule has 3 aromatic rings. The number of hydrogen-bond acceptors (Lipinski definition) is 7. The van der Waals surface area contributed by atoms with Crippen LogP contribution in [-0.4, -0.2) is 49.5 Å². The van der Waals surface area contributed by atoms with Crippen LogP contribution in [0.1, 0.15) is 18.5 Å². The van der Waals surface area contributed by atoms with E-state index in [1.807, 2.05) is 12.1 Å². The normalized spacial score (nSPS) is 16.4. The topological polar surface area (TPSA) is 114 Å². The number of hydrogen-bond donors (Lipinski definition) is 0. The summed E-state index contributed by atoms with van der Waals surface area (Å²) in [6.45, 7) is 0.855. The summed E-state index contributed by atoms with van der Waals surface area (Å²) in [6, 6.07) is 8.99. The Bertz CT molecular complexity index is 1150. The van der Waals surface area contributed by atoms with Gasteiger partial charge in [-0.1, -0.05) is 12.1 Å². The molecule has 0 radical (unpaired) electrons. The van der Waals surface area contributed by atoms with Crippen molar-refractivity contribution < 1.29 is 9.53 Å². The SMILES string of the molecule is N#Cc1nccnc1OC1CCCN(C(=O)Cn2cnc3ccccc3c2=O)C1. The van der Waals surface area contributed by atoms with Gasteiger partial charge in [0, 0.05) is 18.9 Å². The molecular formula is C20H18N6O3. The number of para-hydroxylation sites is 1. The van der Waals surface area contributed by atoms with E-state index in [0.717, 1.165) is 12.8 Å². The highest BCUT2D eigenvalue weighted by molar-refractivity contribution is 5.79. The molecule has 1 fully saturated rings. The van der Waals surface area contributed by atoms with Gasteiger partial charge in [0.2, 0.25) is 11.6 Å². The molecule has 1 aromatic carbocycles. The molecule has 1 aliphatic heterocycles. The van der Waals surface area contributed by atoms with Crippen LogP contribution in [0.25, 0.3) is 10.9 Å². The third-order valence-electron chi connectivity index (χ3n) is 4.82. The lowest BCUT2D eigenvalue weighted by atomic mass is 10.1. The predicted octanol–water partition coefficient (Wildman–Crippen LogP) is 1.13. The molecule has 0 N–H and O–H groups in total. The van der Waals surface area contributed by atoms with Crippen LogP contribution in [0, 0.1) is 11.3 Å². The van der Waals surface area contributed by atoms with Crippen molar-refractivity contribution in [3.05, 3.63) is 59.0 Å². The van der Waals surface area contributed by atoms with E-state index < -0.39 is 0 Å². The number of amides is 1. The predicted molar refractivity (Wildman–Crippen MR) is 103 cm³/mol. The average molecular weight is 390 g/mol. The minimum atomic E-state index is -0.289. The van der Waals surface area contributed by atoms with E-state index in [9.17, 15) is 9.59 Å². The third-order valence-corrected chi connectivity index (χ3v) is 4.82. The molecule has 1 saturated heterocycles. The summed E-state index contributed by atoms with van der Waals surface area (Å²) >= 11 is 0. The number of carbonyl (C=O) groups is 1. The van der Waals surface area contributed by atoms with Crippen molar-refractivity contribution >= 4 is 16.8 Å². The van der Waals surface area contributed by atoms with Crippen LogP contribution in [0.4, 0.5) is 0 Å². The molecule has 1 unspecified atom stereocenters. The molecule has 1 aliphatic rings. The lowest BCUT2D eigenvalue weighted by Gasteiger charge is -2.32. The Kier molecular flexibility index (Phi) is 5.16. The number of ether oxygens (including phenoxy) is 1. The Morgan fingerprint density at radius 3 is 2.93 bits per heavy atom. The fraction of sp³-hybridized carbons (Fsp3) is 0.300. The maximum atomic E-state index is 12.8. The Morgan fingerprint density at radius 1 is 1.24 bits per heavy atom. The first kappa shape index (κ1) is 18.6. The second kappa shape index (κ2) is 8.06. The molecule has 0 aliphatic carbocycles. The minimum absolute atomic E-state index is 0.0853. The van der Waals surface area contributed by atoms with Gasteiger partial charge < -0.3 is 9.64 Å². The van der Waals surface area contributed by atoms with Crippen molar-refractivity contribution in [1.82, 2.24) is 24.4 Å². The lowest BCUT2D eigenvalue weighted by molar-refractivity contribution is -0.134. The van der Waals surface area contributed by atoms with E-state index in [1.54, 1.807) is 23.1 Å². The van der Waals surface area contributed by atoms with Gasteiger partial charge in [-0.3, -0.25) is 14.2 Å². The first-order valence-electron chi connectivity index (χ1n) is 9.25. The van der Waals surface area contributed by atoms with E-state index in [1.165, 1.54) is 23.3 Å². The Balaban J connectivity index is 1.46. The Hall–Kier alpha value is -3.80.